The van der Waals surface area contributed by atoms with Gasteiger partial charge in [-0.3, -0.25) is 9.59 Å². The van der Waals surface area contributed by atoms with Gasteiger partial charge in [-0.25, -0.2) is 0 Å². The van der Waals surface area contributed by atoms with Crippen LogP contribution in [0.3, 0.4) is 0 Å². The van der Waals surface area contributed by atoms with Crippen LogP contribution in [-0.2, 0) is 14.1 Å². The number of amides is 2. The summed E-state index contributed by atoms with van der Waals surface area (Å²) in [6.45, 7) is 9.41. The Kier molecular flexibility index (Phi) is 11.0. The second-order valence-electron chi connectivity index (χ2n) is 8.16. The van der Waals surface area contributed by atoms with E-state index in [0.717, 1.165) is 22.0 Å². The van der Waals surface area contributed by atoms with Crippen LogP contribution in [0, 0.1) is 5.92 Å². The van der Waals surface area contributed by atoms with Crippen molar-refractivity contribution in [2.45, 2.75) is 52.3 Å². The van der Waals surface area contributed by atoms with Gasteiger partial charge in [-0.2, -0.15) is 0 Å². The maximum atomic E-state index is 12.7. The normalized spacial score (nSPS) is 20.7. The minimum Gasteiger partial charge on any atom is -0.406 e. The van der Waals surface area contributed by atoms with E-state index < -0.39 is 7.12 Å². The highest BCUT2D eigenvalue weighted by atomic mass is 79.9. The van der Waals surface area contributed by atoms with E-state index in [0.29, 0.717) is 22.4 Å². The van der Waals surface area contributed by atoms with Crippen LogP contribution < -0.4 is 16.0 Å². The molecule has 0 spiro atoms. The third kappa shape index (κ3) is 8.77. The van der Waals surface area contributed by atoms with E-state index >= 15 is 0 Å². The number of benzene rings is 1. The first-order valence-electron chi connectivity index (χ1n) is 10.3. The van der Waals surface area contributed by atoms with E-state index in [1.54, 1.807) is 6.07 Å². The molecule has 1 aromatic carbocycles. The van der Waals surface area contributed by atoms with Crippen molar-refractivity contribution in [3.8, 4) is 0 Å². The van der Waals surface area contributed by atoms with Gasteiger partial charge in [-0.1, -0.05) is 29.8 Å². The van der Waals surface area contributed by atoms with E-state index in [9.17, 15) is 9.59 Å². The molecule has 31 heavy (non-hydrogen) atoms. The molecule has 1 fully saturated rings. The lowest BCUT2D eigenvalue weighted by Gasteiger charge is -2.32. The first kappa shape index (κ1) is 26.8. The lowest BCUT2D eigenvalue weighted by molar-refractivity contribution is -0.120. The first-order chi connectivity index (χ1) is 14.6. The lowest BCUT2D eigenvalue weighted by atomic mass is 9.73. The van der Waals surface area contributed by atoms with E-state index in [2.05, 4.69) is 77.6 Å². The van der Waals surface area contributed by atoms with E-state index in [-0.39, 0.29) is 36.5 Å². The molecular weight excluding hydrogens is 597 g/mol. The molecule has 0 radical (unpaired) electrons. The molecule has 0 aromatic heterocycles. The van der Waals surface area contributed by atoms with Crippen LogP contribution in [-0.4, -0.2) is 56.7 Å². The van der Waals surface area contributed by atoms with Gasteiger partial charge < -0.3 is 25.3 Å². The fraction of sp³-hybridized carbons (Fsp3) is 0.600. The average molecular weight is 626 g/mol. The van der Waals surface area contributed by atoms with Gasteiger partial charge >= 0.3 is 7.12 Å². The van der Waals surface area contributed by atoms with Gasteiger partial charge in [0.15, 0.2) is 0 Å². The maximum absolute atomic E-state index is 12.7. The molecule has 1 saturated heterocycles. The molecule has 0 aliphatic carbocycles. The van der Waals surface area contributed by atoms with Crippen molar-refractivity contribution < 1.29 is 18.9 Å². The predicted octanol–water partition coefficient (Wildman–Crippen LogP) is 3.68. The second-order valence-corrected chi connectivity index (χ2v) is 10.7. The Labute approximate surface area is 209 Å². The molecule has 3 N–H and O–H groups in total. The number of carbonyl (C=O) groups is 2. The van der Waals surface area contributed by atoms with Crippen LogP contribution >= 0.6 is 47.8 Å². The second kappa shape index (κ2) is 12.7. The quantitative estimate of drug-likeness (QED) is 0.318. The molecular formula is C20H29BBr3N3O4. The third-order valence-corrected chi connectivity index (χ3v) is 7.11. The van der Waals surface area contributed by atoms with Gasteiger partial charge in [0.25, 0.3) is 5.91 Å². The summed E-state index contributed by atoms with van der Waals surface area (Å²) in [5.74, 6) is -0.636. The maximum Gasteiger partial charge on any atom is 0.481 e. The zero-order chi connectivity index (χ0) is 23.1. The fourth-order valence-corrected chi connectivity index (χ4v) is 4.88. The molecule has 2 rings (SSSR count). The topological polar surface area (TPSA) is 88.7 Å². The zero-order valence-electron chi connectivity index (χ0n) is 18.1. The number of hydrogen-bond donors (Lipinski definition) is 3. The van der Waals surface area contributed by atoms with Crippen LogP contribution in [0.4, 0.5) is 0 Å². The van der Waals surface area contributed by atoms with Gasteiger partial charge in [0, 0.05) is 26.5 Å². The highest BCUT2D eigenvalue weighted by Crippen LogP contribution is 2.30. The number of rotatable bonds is 7. The molecule has 1 aromatic rings. The fourth-order valence-electron chi connectivity index (χ4n) is 3.25. The summed E-state index contributed by atoms with van der Waals surface area (Å²) >= 11 is 10.2. The minimum absolute atomic E-state index is 0.0453. The molecule has 1 aliphatic heterocycles. The van der Waals surface area contributed by atoms with Crippen LogP contribution in [0.1, 0.15) is 44.5 Å². The summed E-state index contributed by atoms with van der Waals surface area (Å²) in [7, 11) is -0.552. The Balaban J connectivity index is 2.02. The van der Waals surface area contributed by atoms with Crippen molar-refractivity contribution >= 4 is 66.7 Å². The van der Waals surface area contributed by atoms with Crippen LogP contribution in [0.2, 0.25) is 0 Å². The molecule has 2 unspecified atom stereocenters. The van der Waals surface area contributed by atoms with Crippen molar-refractivity contribution in [2.24, 2.45) is 5.92 Å². The van der Waals surface area contributed by atoms with Gasteiger partial charge in [-0.05, 0) is 70.2 Å². The summed E-state index contributed by atoms with van der Waals surface area (Å²) in [6, 6.07) is 3.52. The molecule has 11 heteroatoms. The average Bonchev–Trinajstić information content (AvgIpc) is 2.66. The van der Waals surface area contributed by atoms with E-state index in [1.165, 1.54) is 0 Å². The van der Waals surface area contributed by atoms with Crippen LogP contribution in [0.5, 0.6) is 0 Å². The van der Waals surface area contributed by atoms with Gasteiger partial charge in [0.05, 0.1) is 30.3 Å². The summed E-state index contributed by atoms with van der Waals surface area (Å²) < 4.78 is 14.2. The van der Waals surface area contributed by atoms with Crippen molar-refractivity contribution in [3.63, 3.8) is 0 Å². The minimum atomic E-state index is -0.552. The number of carbonyl (C=O) groups excluding carboxylic acids is 2. The Morgan fingerprint density at radius 3 is 2.35 bits per heavy atom. The van der Waals surface area contributed by atoms with Gasteiger partial charge in [0.1, 0.15) is 0 Å². The zero-order valence-corrected chi connectivity index (χ0v) is 22.9. The lowest BCUT2D eigenvalue weighted by Crippen LogP contribution is -2.56. The van der Waals surface area contributed by atoms with Gasteiger partial charge in [-0.15, -0.1) is 0 Å². The SMILES string of the molecule is CC(C)C[C@H](NC(=O)CNC(=O)c1cc(Br)cc(Br)c1Br)B1OC(C)CNCC(C)O1. The Morgan fingerprint density at radius 2 is 1.77 bits per heavy atom. The Bertz CT molecular complexity index is 772. The van der Waals surface area contributed by atoms with Crippen molar-refractivity contribution in [1.82, 2.24) is 16.0 Å². The van der Waals surface area contributed by atoms with E-state index in [4.69, 9.17) is 9.31 Å². The predicted molar refractivity (Wildman–Crippen MR) is 133 cm³/mol. The summed E-state index contributed by atoms with van der Waals surface area (Å²) in [5.41, 5.74) is 0.426. The molecule has 3 atom stereocenters. The van der Waals surface area contributed by atoms with Crippen molar-refractivity contribution in [3.05, 3.63) is 31.1 Å². The summed E-state index contributed by atoms with van der Waals surface area (Å²) in [6.07, 6.45) is 0.605. The first-order valence-corrected chi connectivity index (χ1v) is 12.7. The monoisotopic (exact) mass is 623 g/mol. The molecule has 2 amide bonds. The third-order valence-electron chi connectivity index (χ3n) is 4.64. The molecule has 1 heterocycles. The van der Waals surface area contributed by atoms with Gasteiger partial charge in [0.2, 0.25) is 5.91 Å². The van der Waals surface area contributed by atoms with Crippen LogP contribution in [0.25, 0.3) is 0 Å². The Morgan fingerprint density at radius 1 is 1.16 bits per heavy atom. The smallest absolute Gasteiger partial charge is 0.406 e. The van der Waals surface area contributed by atoms with Crippen LogP contribution in [0.15, 0.2) is 25.6 Å². The van der Waals surface area contributed by atoms with E-state index in [1.807, 2.05) is 19.9 Å². The Hall–Kier alpha value is -0.455. The van der Waals surface area contributed by atoms with Crippen molar-refractivity contribution in [1.29, 1.82) is 0 Å². The van der Waals surface area contributed by atoms with Crippen molar-refractivity contribution in [2.75, 3.05) is 19.6 Å². The summed E-state index contributed by atoms with van der Waals surface area (Å²) in [4.78, 5) is 25.3. The molecule has 1 aliphatic rings. The number of nitrogens with one attached hydrogen (secondary N) is 3. The molecule has 0 saturated carbocycles. The molecule has 172 valence electrons. The summed E-state index contributed by atoms with van der Waals surface area (Å²) in [5, 5.41) is 8.97. The largest absolute Gasteiger partial charge is 0.481 e. The molecule has 7 nitrogen and oxygen atoms in total. The number of halogens is 3. The highest BCUT2D eigenvalue weighted by molar-refractivity contribution is 9.13. The highest BCUT2D eigenvalue weighted by Gasteiger charge is 2.36. The standard InChI is InChI=1S/C20H29BBr3N3O4/c1-11(2)5-17(21-30-12(3)8-25-9-13(4)31-21)27-18(28)10-26-20(29)15-6-14(22)7-16(23)19(15)24/h6-7,11-13,17,25H,5,8-10H2,1-4H3,(H,26,29)(H,27,28)/t12?,13?,17-/m0/s1. The number of hydrogen-bond acceptors (Lipinski definition) is 5. The molecule has 0 bridgehead atoms.